The summed E-state index contributed by atoms with van der Waals surface area (Å²) in [5.74, 6) is -0.318. The molecule has 9 heteroatoms. The van der Waals surface area contributed by atoms with E-state index in [-0.39, 0.29) is 19.2 Å². The zero-order valence-corrected chi connectivity index (χ0v) is 13.7. The number of aliphatic hydroxyl groups is 2. The molecule has 9 nitrogen and oxygen atoms in total. The fourth-order valence-corrected chi connectivity index (χ4v) is 1.81. The highest BCUT2D eigenvalue weighted by Gasteiger charge is 2.06. The standard InChI is InChI=1S/C14H27NO4.NO3/c1-13(2)14(18)19-12-6-4-3-5-7-15(8-10-16)9-11-17;2-1(3)4/h16-17H,1,3-12H2,2H3;/q;-1/p+1. The van der Waals surface area contributed by atoms with Crippen molar-refractivity contribution in [3.05, 3.63) is 27.5 Å². The molecule has 0 unspecified atom stereocenters. The van der Waals surface area contributed by atoms with Crippen LogP contribution in [-0.4, -0.2) is 60.7 Å². The van der Waals surface area contributed by atoms with Crippen LogP contribution in [0.5, 0.6) is 0 Å². The molecule has 0 rings (SSSR count). The molecular weight excluding hydrogens is 308 g/mol. The van der Waals surface area contributed by atoms with Crippen molar-refractivity contribution in [1.29, 1.82) is 0 Å². The molecule has 0 fully saturated rings. The van der Waals surface area contributed by atoms with E-state index in [9.17, 15) is 4.79 Å². The molecular formula is C14H28N2O7. The van der Waals surface area contributed by atoms with E-state index >= 15 is 0 Å². The fraction of sp³-hybridized carbons (Fsp3) is 0.786. The van der Waals surface area contributed by atoms with E-state index in [0.717, 1.165) is 32.2 Å². The van der Waals surface area contributed by atoms with Crippen LogP contribution in [-0.2, 0) is 9.53 Å². The first-order valence-corrected chi connectivity index (χ1v) is 7.54. The molecule has 0 aliphatic rings. The summed E-state index contributed by atoms with van der Waals surface area (Å²) in [6.07, 6.45) is 4.03. The van der Waals surface area contributed by atoms with Crippen LogP contribution < -0.4 is 4.90 Å². The third kappa shape index (κ3) is 20.3. The van der Waals surface area contributed by atoms with Crippen LogP contribution in [0.15, 0.2) is 12.2 Å². The maximum atomic E-state index is 11.1. The first-order chi connectivity index (χ1) is 10.8. The zero-order valence-electron chi connectivity index (χ0n) is 13.7. The Balaban J connectivity index is 0. The Morgan fingerprint density at radius 1 is 1.09 bits per heavy atom. The van der Waals surface area contributed by atoms with E-state index in [4.69, 9.17) is 30.3 Å². The van der Waals surface area contributed by atoms with Gasteiger partial charge in [0.1, 0.15) is 13.1 Å². The lowest BCUT2D eigenvalue weighted by Gasteiger charge is -2.17. The van der Waals surface area contributed by atoms with Gasteiger partial charge in [-0.05, 0) is 32.6 Å². The van der Waals surface area contributed by atoms with Crippen LogP contribution in [0.2, 0.25) is 0 Å². The van der Waals surface area contributed by atoms with E-state index in [1.165, 1.54) is 4.90 Å². The maximum Gasteiger partial charge on any atom is 0.333 e. The Kier molecular flexibility index (Phi) is 17.1. The number of ether oxygens (including phenoxy) is 1. The van der Waals surface area contributed by atoms with Crippen molar-refractivity contribution < 1.29 is 29.7 Å². The van der Waals surface area contributed by atoms with E-state index in [0.29, 0.717) is 25.3 Å². The van der Waals surface area contributed by atoms with Crippen LogP contribution >= 0.6 is 0 Å². The van der Waals surface area contributed by atoms with Gasteiger partial charge in [-0.1, -0.05) is 6.58 Å². The summed E-state index contributed by atoms with van der Waals surface area (Å²) in [5.41, 5.74) is 0.437. The first-order valence-electron chi connectivity index (χ1n) is 7.54. The Morgan fingerprint density at radius 2 is 1.57 bits per heavy atom. The van der Waals surface area contributed by atoms with Gasteiger partial charge in [-0.15, -0.1) is 0 Å². The van der Waals surface area contributed by atoms with Crippen molar-refractivity contribution in [2.75, 3.05) is 39.5 Å². The number of aliphatic hydroxyl groups excluding tert-OH is 2. The number of carbonyl (C=O) groups is 1. The highest BCUT2D eigenvalue weighted by Crippen LogP contribution is 2.00. The normalized spacial score (nSPS) is 9.91. The van der Waals surface area contributed by atoms with Gasteiger partial charge in [0.2, 0.25) is 0 Å². The van der Waals surface area contributed by atoms with Gasteiger partial charge >= 0.3 is 5.97 Å². The SMILES string of the molecule is C=C(C)C(=O)OCCCCCC[NH+](CCO)CCO.O=[N+]([O-])[O-]. The molecule has 0 atom stereocenters. The van der Waals surface area contributed by atoms with Gasteiger partial charge in [0.15, 0.2) is 0 Å². The van der Waals surface area contributed by atoms with E-state index in [2.05, 4.69) is 6.58 Å². The smallest absolute Gasteiger partial charge is 0.333 e. The number of carbonyl (C=O) groups excluding carboxylic acids is 1. The molecule has 0 aliphatic carbocycles. The first kappa shape index (κ1) is 23.6. The number of nitrogens with zero attached hydrogens (tertiary/aromatic N) is 1. The Morgan fingerprint density at radius 3 is 2.00 bits per heavy atom. The zero-order chi connectivity index (χ0) is 18.1. The molecule has 0 spiro atoms. The fourth-order valence-electron chi connectivity index (χ4n) is 1.81. The van der Waals surface area contributed by atoms with Gasteiger partial charge in [-0.2, -0.15) is 0 Å². The van der Waals surface area contributed by atoms with Crippen LogP contribution in [0.25, 0.3) is 0 Å². The lowest BCUT2D eigenvalue weighted by atomic mass is 10.2. The summed E-state index contributed by atoms with van der Waals surface area (Å²) in [6, 6.07) is 0. The number of nitrogens with one attached hydrogen (secondary N) is 1. The molecule has 0 aromatic heterocycles. The van der Waals surface area contributed by atoms with Gasteiger partial charge in [-0.3, -0.25) is 0 Å². The minimum Gasteiger partial charge on any atom is -0.462 e. The van der Waals surface area contributed by atoms with Crippen molar-refractivity contribution in [2.24, 2.45) is 0 Å². The number of rotatable bonds is 12. The van der Waals surface area contributed by atoms with E-state index in [1.807, 2.05) is 0 Å². The summed E-state index contributed by atoms with van der Waals surface area (Å²) in [6.45, 7) is 8.28. The summed E-state index contributed by atoms with van der Waals surface area (Å²) in [5, 5.41) is 32.5. The highest BCUT2D eigenvalue weighted by molar-refractivity contribution is 5.86. The Bertz CT molecular complexity index is 327. The minimum absolute atomic E-state index is 0.159. The third-order valence-electron chi connectivity index (χ3n) is 2.94. The molecule has 0 radical (unpaired) electrons. The topological polar surface area (TPSA) is 137 Å². The molecule has 0 heterocycles. The quantitative estimate of drug-likeness (QED) is 0.141. The summed E-state index contributed by atoms with van der Waals surface area (Å²) < 4.78 is 5.00. The van der Waals surface area contributed by atoms with Crippen molar-refractivity contribution in [3.63, 3.8) is 0 Å². The van der Waals surface area contributed by atoms with Crippen molar-refractivity contribution >= 4 is 5.97 Å². The van der Waals surface area contributed by atoms with Crippen LogP contribution in [0.3, 0.4) is 0 Å². The molecule has 3 N–H and O–H groups in total. The predicted molar refractivity (Wildman–Crippen MR) is 84.3 cm³/mol. The monoisotopic (exact) mass is 336 g/mol. The lowest BCUT2D eigenvalue weighted by molar-refractivity contribution is -0.901. The third-order valence-corrected chi connectivity index (χ3v) is 2.94. The molecule has 0 amide bonds. The van der Waals surface area contributed by atoms with Crippen LogP contribution in [0, 0.1) is 15.3 Å². The largest absolute Gasteiger partial charge is 0.462 e. The van der Waals surface area contributed by atoms with Gasteiger partial charge in [0.05, 0.1) is 31.5 Å². The minimum atomic E-state index is -1.75. The molecule has 23 heavy (non-hydrogen) atoms. The predicted octanol–water partition coefficient (Wildman–Crippen LogP) is -0.703. The molecule has 0 saturated carbocycles. The van der Waals surface area contributed by atoms with Gasteiger partial charge in [0.25, 0.3) is 0 Å². The summed E-state index contributed by atoms with van der Waals surface area (Å²) >= 11 is 0. The Labute approximate surface area is 136 Å². The van der Waals surface area contributed by atoms with Crippen molar-refractivity contribution in [1.82, 2.24) is 0 Å². The van der Waals surface area contributed by atoms with E-state index < -0.39 is 5.09 Å². The molecule has 0 aromatic rings. The second-order valence-electron chi connectivity index (χ2n) is 5.00. The lowest BCUT2D eigenvalue weighted by Crippen LogP contribution is -3.13. The molecule has 0 aromatic carbocycles. The average molecular weight is 336 g/mol. The number of esters is 1. The van der Waals surface area contributed by atoms with Crippen LogP contribution in [0.4, 0.5) is 0 Å². The number of unbranched alkanes of at least 4 members (excludes halogenated alkanes) is 3. The average Bonchev–Trinajstić information content (AvgIpc) is 2.45. The second-order valence-corrected chi connectivity index (χ2v) is 5.00. The molecule has 0 aliphatic heterocycles. The van der Waals surface area contributed by atoms with Crippen molar-refractivity contribution in [2.45, 2.75) is 32.6 Å². The van der Waals surface area contributed by atoms with E-state index in [1.54, 1.807) is 6.92 Å². The van der Waals surface area contributed by atoms with Gasteiger partial charge in [0, 0.05) is 5.57 Å². The molecule has 0 bridgehead atoms. The summed E-state index contributed by atoms with van der Waals surface area (Å²) in [7, 11) is 0. The van der Waals surface area contributed by atoms with Crippen molar-refractivity contribution in [3.8, 4) is 0 Å². The molecule has 136 valence electrons. The van der Waals surface area contributed by atoms with Gasteiger partial charge < -0.3 is 35.2 Å². The number of hydrogen-bond acceptors (Lipinski definition) is 7. The summed E-state index contributed by atoms with van der Waals surface area (Å²) in [4.78, 5) is 20.6. The Hall–Kier alpha value is -1.71. The van der Waals surface area contributed by atoms with Crippen LogP contribution in [0.1, 0.15) is 32.6 Å². The maximum absolute atomic E-state index is 11.1. The number of quaternary nitrogens is 1. The number of hydrogen-bond donors (Lipinski definition) is 3. The van der Waals surface area contributed by atoms with Gasteiger partial charge in [-0.25, -0.2) is 4.79 Å². The highest BCUT2D eigenvalue weighted by atomic mass is 16.9. The second kappa shape index (κ2) is 16.7. The molecule has 0 saturated heterocycles.